The van der Waals surface area contributed by atoms with Gasteiger partial charge in [0.1, 0.15) is 0 Å². The third-order valence-electron chi connectivity index (χ3n) is 3.43. The molecular formula is C13H18ClN3O3. The Morgan fingerprint density at radius 2 is 2.20 bits per heavy atom. The number of hydrogen-bond donors (Lipinski definition) is 1. The van der Waals surface area contributed by atoms with E-state index in [9.17, 15) is 14.9 Å². The van der Waals surface area contributed by atoms with Crippen LogP contribution in [0, 0.1) is 17.0 Å². The van der Waals surface area contributed by atoms with Crippen LogP contribution in [0.1, 0.15) is 28.8 Å². The number of nitro groups is 1. The summed E-state index contributed by atoms with van der Waals surface area (Å²) in [6, 6.07) is 4.52. The number of hydrogen-bond acceptors (Lipinski definition) is 4. The number of rotatable bonds is 3. The maximum Gasteiger partial charge on any atom is 0.270 e. The van der Waals surface area contributed by atoms with Gasteiger partial charge in [0.15, 0.2) is 0 Å². The zero-order chi connectivity index (χ0) is 14.0. The Balaban J connectivity index is 0.00000200. The average molecular weight is 300 g/mol. The van der Waals surface area contributed by atoms with Crippen LogP contribution in [0.5, 0.6) is 0 Å². The second-order valence-corrected chi connectivity index (χ2v) is 4.84. The number of carbonyl (C=O) groups excluding carboxylic acids is 1. The first-order valence-corrected chi connectivity index (χ1v) is 6.30. The molecule has 6 nitrogen and oxygen atoms in total. The molecule has 1 fully saturated rings. The van der Waals surface area contributed by atoms with E-state index in [1.807, 2.05) is 0 Å². The fourth-order valence-electron chi connectivity index (χ4n) is 2.51. The van der Waals surface area contributed by atoms with Crippen molar-refractivity contribution in [1.82, 2.24) is 4.90 Å². The molecule has 1 unspecified atom stereocenters. The van der Waals surface area contributed by atoms with Gasteiger partial charge in [-0.2, -0.15) is 0 Å². The van der Waals surface area contributed by atoms with Gasteiger partial charge in [-0.1, -0.05) is 0 Å². The highest BCUT2D eigenvalue weighted by Crippen LogP contribution is 2.22. The summed E-state index contributed by atoms with van der Waals surface area (Å²) in [6.07, 6.45) is 1.83. The van der Waals surface area contributed by atoms with E-state index in [1.54, 1.807) is 17.9 Å². The maximum atomic E-state index is 12.4. The molecule has 110 valence electrons. The molecule has 0 aromatic heterocycles. The molecule has 20 heavy (non-hydrogen) atoms. The standard InChI is InChI=1S/C13H17N3O3.ClH/c1-9-5-10(7-12(6-9)16(18)19)13(17)15-4-2-3-11(15)8-14;/h5-7,11H,2-4,8,14H2,1H3;1H. The number of benzene rings is 1. The molecule has 7 heteroatoms. The number of nitrogens with zero attached hydrogens (tertiary/aromatic N) is 2. The second kappa shape index (κ2) is 6.67. The lowest BCUT2D eigenvalue weighted by Gasteiger charge is -2.23. The molecular weight excluding hydrogens is 282 g/mol. The van der Waals surface area contributed by atoms with Gasteiger partial charge >= 0.3 is 0 Å². The Morgan fingerprint density at radius 3 is 2.80 bits per heavy atom. The maximum absolute atomic E-state index is 12.4. The Labute approximate surface area is 123 Å². The normalized spacial score (nSPS) is 17.7. The van der Waals surface area contributed by atoms with Crippen molar-refractivity contribution in [3.63, 3.8) is 0 Å². The van der Waals surface area contributed by atoms with Gasteiger partial charge in [-0.05, 0) is 31.4 Å². The SMILES string of the molecule is Cc1cc(C(=O)N2CCCC2CN)cc([N+](=O)[O-])c1.Cl. The van der Waals surface area contributed by atoms with Gasteiger partial charge in [-0.25, -0.2) is 0 Å². The minimum absolute atomic E-state index is 0. The van der Waals surface area contributed by atoms with E-state index in [4.69, 9.17) is 5.73 Å². The summed E-state index contributed by atoms with van der Waals surface area (Å²) in [7, 11) is 0. The molecule has 1 aliphatic heterocycles. The van der Waals surface area contributed by atoms with Crippen molar-refractivity contribution in [3.8, 4) is 0 Å². The Morgan fingerprint density at radius 1 is 1.50 bits per heavy atom. The van der Waals surface area contributed by atoms with Crippen molar-refractivity contribution in [1.29, 1.82) is 0 Å². The molecule has 0 saturated carbocycles. The van der Waals surface area contributed by atoms with Crippen LogP contribution in [0.3, 0.4) is 0 Å². The Kier molecular flexibility index (Phi) is 5.47. The number of nitrogens with two attached hydrogens (primary N) is 1. The van der Waals surface area contributed by atoms with Crippen LogP contribution in [-0.4, -0.2) is 34.9 Å². The molecule has 1 amide bonds. The van der Waals surface area contributed by atoms with Crippen molar-refractivity contribution < 1.29 is 9.72 Å². The molecule has 1 aromatic rings. The van der Waals surface area contributed by atoms with Crippen molar-refractivity contribution in [3.05, 3.63) is 39.4 Å². The highest BCUT2D eigenvalue weighted by atomic mass is 35.5. The number of carbonyl (C=O) groups is 1. The zero-order valence-electron chi connectivity index (χ0n) is 11.2. The molecule has 0 aliphatic carbocycles. The summed E-state index contributed by atoms with van der Waals surface area (Å²) < 4.78 is 0. The van der Waals surface area contributed by atoms with Gasteiger partial charge in [0.25, 0.3) is 11.6 Å². The van der Waals surface area contributed by atoms with Crippen LogP contribution < -0.4 is 5.73 Å². The molecule has 2 N–H and O–H groups in total. The molecule has 0 radical (unpaired) electrons. The molecule has 1 atom stereocenters. The molecule has 0 spiro atoms. The highest BCUT2D eigenvalue weighted by molar-refractivity contribution is 5.95. The lowest BCUT2D eigenvalue weighted by atomic mass is 10.1. The number of amides is 1. The van der Waals surface area contributed by atoms with E-state index >= 15 is 0 Å². The van der Waals surface area contributed by atoms with Crippen LogP contribution in [0.15, 0.2) is 18.2 Å². The first-order valence-electron chi connectivity index (χ1n) is 6.30. The summed E-state index contributed by atoms with van der Waals surface area (Å²) in [6.45, 7) is 2.84. The lowest BCUT2D eigenvalue weighted by Crippen LogP contribution is -2.39. The molecule has 1 aromatic carbocycles. The summed E-state index contributed by atoms with van der Waals surface area (Å²) in [5.41, 5.74) is 6.67. The molecule has 1 saturated heterocycles. The minimum Gasteiger partial charge on any atom is -0.334 e. The largest absolute Gasteiger partial charge is 0.334 e. The number of aryl methyl sites for hydroxylation is 1. The van der Waals surface area contributed by atoms with E-state index in [0.29, 0.717) is 24.2 Å². The zero-order valence-corrected chi connectivity index (χ0v) is 12.1. The van der Waals surface area contributed by atoms with Crippen molar-refractivity contribution in [2.75, 3.05) is 13.1 Å². The molecule has 1 aliphatic rings. The molecule has 1 heterocycles. The molecule has 0 bridgehead atoms. The number of likely N-dealkylation sites (tertiary alicyclic amines) is 1. The monoisotopic (exact) mass is 299 g/mol. The van der Waals surface area contributed by atoms with E-state index in [0.717, 1.165) is 12.8 Å². The Hall–Kier alpha value is -1.66. The van der Waals surface area contributed by atoms with Crippen LogP contribution in [0.4, 0.5) is 5.69 Å². The number of non-ortho nitro benzene ring substituents is 1. The third kappa shape index (κ3) is 3.26. The average Bonchev–Trinajstić information content (AvgIpc) is 2.85. The predicted molar refractivity (Wildman–Crippen MR) is 78.2 cm³/mol. The first-order chi connectivity index (χ1) is 9.02. The van der Waals surface area contributed by atoms with Crippen LogP contribution in [0.2, 0.25) is 0 Å². The van der Waals surface area contributed by atoms with E-state index in [2.05, 4.69) is 0 Å². The lowest BCUT2D eigenvalue weighted by molar-refractivity contribution is -0.384. The van der Waals surface area contributed by atoms with Crippen LogP contribution in [-0.2, 0) is 0 Å². The fraction of sp³-hybridized carbons (Fsp3) is 0.462. The molecule has 2 rings (SSSR count). The van der Waals surface area contributed by atoms with Gasteiger partial charge < -0.3 is 10.6 Å². The van der Waals surface area contributed by atoms with Crippen molar-refractivity contribution in [2.24, 2.45) is 5.73 Å². The van der Waals surface area contributed by atoms with Crippen LogP contribution in [0.25, 0.3) is 0 Å². The predicted octanol–water partition coefficient (Wildman–Crippen LogP) is 1.89. The Bertz CT molecular complexity index is 522. The third-order valence-corrected chi connectivity index (χ3v) is 3.43. The van der Waals surface area contributed by atoms with Gasteiger partial charge in [0.2, 0.25) is 0 Å². The van der Waals surface area contributed by atoms with Crippen LogP contribution >= 0.6 is 12.4 Å². The summed E-state index contributed by atoms with van der Waals surface area (Å²) in [4.78, 5) is 24.5. The quantitative estimate of drug-likeness (QED) is 0.681. The summed E-state index contributed by atoms with van der Waals surface area (Å²) in [5, 5.41) is 10.8. The minimum atomic E-state index is -0.478. The van der Waals surface area contributed by atoms with Crippen molar-refractivity contribution >= 4 is 24.0 Å². The van der Waals surface area contributed by atoms with Gasteiger partial charge in [0.05, 0.1) is 4.92 Å². The second-order valence-electron chi connectivity index (χ2n) is 4.84. The number of halogens is 1. The van der Waals surface area contributed by atoms with Gasteiger partial charge in [0, 0.05) is 36.8 Å². The first kappa shape index (κ1) is 16.4. The van der Waals surface area contributed by atoms with E-state index in [1.165, 1.54) is 12.1 Å². The summed E-state index contributed by atoms with van der Waals surface area (Å²) in [5.74, 6) is -0.167. The fourth-order valence-corrected chi connectivity index (χ4v) is 2.51. The summed E-state index contributed by atoms with van der Waals surface area (Å²) >= 11 is 0. The van der Waals surface area contributed by atoms with Gasteiger partial charge in [-0.15, -0.1) is 12.4 Å². The van der Waals surface area contributed by atoms with E-state index < -0.39 is 4.92 Å². The van der Waals surface area contributed by atoms with E-state index in [-0.39, 0.29) is 30.0 Å². The topological polar surface area (TPSA) is 89.5 Å². The highest BCUT2D eigenvalue weighted by Gasteiger charge is 2.29. The van der Waals surface area contributed by atoms with Crippen molar-refractivity contribution in [2.45, 2.75) is 25.8 Å². The number of nitro benzene ring substituents is 1. The van der Waals surface area contributed by atoms with Gasteiger partial charge in [-0.3, -0.25) is 14.9 Å². The smallest absolute Gasteiger partial charge is 0.270 e.